The van der Waals surface area contributed by atoms with E-state index < -0.39 is 0 Å². The van der Waals surface area contributed by atoms with Gasteiger partial charge in [0.05, 0.1) is 12.7 Å². The molecule has 1 aromatic heterocycles. The minimum absolute atomic E-state index is 0.121. The van der Waals surface area contributed by atoms with E-state index in [1.165, 1.54) is 0 Å². The lowest BCUT2D eigenvalue weighted by Gasteiger charge is -2.09. The number of ether oxygens (including phenoxy) is 2. The van der Waals surface area contributed by atoms with Crippen LogP contribution in [0.5, 0.6) is 17.4 Å². The van der Waals surface area contributed by atoms with Crippen LogP contribution in [0.1, 0.15) is 5.56 Å². The molecule has 0 aliphatic rings. The maximum absolute atomic E-state index is 9.54. The monoisotopic (exact) mass is 231 g/mol. The summed E-state index contributed by atoms with van der Waals surface area (Å²) in [6, 6.07) is 10.5. The summed E-state index contributed by atoms with van der Waals surface area (Å²) in [4.78, 5) is 4.07. The van der Waals surface area contributed by atoms with Gasteiger partial charge in [-0.3, -0.25) is 0 Å². The molecule has 88 valence electrons. The van der Waals surface area contributed by atoms with E-state index in [9.17, 15) is 5.11 Å². The van der Waals surface area contributed by atoms with Crippen molar-refractivity contribution in [3.63, 3.8) is 0 Å². The van der Waals surface area contributed by atoms with Gasteiger partial charge in [-0.15, -0.1) is 0 Å². The van der Waals surface area contributed by atoms with Gasteiger partial charge in [-0.05, 0) is 24.3 Å². The Morgan fingerprint density at radius 1 is 1.18 bits per heavy atom. The highest BCUT2D eigenvalue weighted by Crippen LogP contribution is 2.26. The topological polar surface area (TPSA) is 51.6 Å². The van der Waals surface area contributed by atoms with Gasteiger partial charge in [0.2, 0.25) is 5.88 Å². The van der Waals surface area contributed by atoms with Gasteiger partial charge in [-0.25, -0.2) is 4.98 Å². The second-order valence-corrected chi connectivity index (χ2v) is 3.43. The molecule has 0 fully saturated rings. The molecular weight excluding hydrogens is 218 g/mol. The molecule has 2 rings (SSSR count). The molecule has 0 radical (unpaired) electrons. The Hall–Kier alpha value is -2.23. The van der Waals surface area contributed by atoms with Crippen molar-refractivity contribution in [1.82, 2.24) is 4.98 Å². The highest BCUT2D eigenvalue weighted by molar-refractivity contribution is 5.38. The number of nitrogens with zero attached hydrogens (tertiary/aromatic N) is 1. The van der Waals surface area contributed by atoms with Crippen LogP contribution in [0.3, 0.4) is 0 Å². The molecule has 17 heavy (non-hydrogen) atoms. The zero-order valence-corrected chi connectivity index (χ0v) is 9.46. The van der Waals surface area contributed by atoms with Crippen molar-refractivity contribution in [2.75, 3.05) is 7.11 Å². The highest BCUT2D eigenvalue weighted by Gasteiger charge is 2.05. The maximum Gasteiger partial charge on any atom is 0.219 e. The van der Waals surface area contributed by atoms with E-state index in [0.717, 1.165) is 5.56 Å². The van der Waals surface area contributed by atoms with Crippen LogP contribution < -0.4 is 9.47 Å². The van der Waals surface area contributed by atoms with Gasteiger partial charge in [0.25, 0.3) is 0 Å². The Morgan fingerprint density at radius 2 is 2.00 bits per heavy atom. The minimum atomic E-state index is 0.121. The number of benzene rings is 1. The largest absolute Gasteiger partial charge is 0.504 e. The second kappa shape index (κ2) is 5.21. The van der Waals surface area contributed by atoms with Crippen LogP contribution in [0.25, 0.3) is 0 Å². The number of aromatic hydroxyl groups is 1. The van der Waals surface area contributed by atoms with Crippen LogP contribution in [0.2, 0.25) is 0 Å². The summed E-state index contributed by atoms with van der Waals surface area (Å²) in [5.74, 6) is 1.09. The van der Waals surface area contributed by atoms with Gasteiger partial charge in [0, 0.05) is 6.20 Å². The summed E-state index contributed by atoms with van der Waals surface area (Å²) in [5, 5.41) is 9.54. The summed E-state index contributed by atoms with van der Waals surface area (Å²) < 4.78 is 10.6. The smallest absolute Gasteiger partial charge is 0.219 e. The molecule has 1 N–H and O–H groups in total. The normalized spacial score (nSPS) is 9.94. The fourth-order valence-electron chi connectivity index (χ4n) is 1.45. The zero-order valence-electron chi connectivity index (χ0n) is 9.46. The Morgan fingerprint density at radius 3 is 2.76 bits per heavy atom. The number of rotatable bonds is 4. The third-order valence-electron chi connectivity index (χ3n) is 2.29. The Balaban J connectivity index is 2.10. The zero-order chi connectivity index (χ0) is 12.1. The van der Waals surface area contributed by atoms with Crippen molar-refractivity contribution >= 4 is 0 Å². The third-order valence-corrected chi connectivity index (χ3v) is 2.29. The number of hydrogen-bond donors (Lipinski definition) is 1. The number of hydrogen-bond acceptors (Lipinski definition) is 4. The van der Waals surface area contributed by atoms with Crippen molar-refractivity contribution < 1.29 is 14.6 Å². The van der Waals surface area contributed by atoms with E-state index in [1.54, 1.807) is 37.6 Å². The highest BCUT2D eigenvalue weighted by atomic mass is 16.5. The number of pyridine rings is 1. The second-order valence-electron chi connectivity index (χ2n) is 3.43. The average Bonchev–Trinajstić information content (AvgIpc) is 2.38. The van der Waals surface area contributed by atoms with Gasteiger partial charge in [0.1, 0.15) is 6.61 Å². The summed E-state index contributed by atoms with van der Waals surface area (Å²) in [6.45, 7) is 0.300. The van der Waals surface area contributed by atoms with Crippen LogP contribution in [-0.2, 0) is 6.61 Å². The molecule has 4 heteroatoms. The Kier molecular flexibility index (Phi) is 3.45. The Bertz CT molecular complexity index is 500. The van der Waals surface area contributed by atoms with Gasteiger partial charge >= 0.3 is 0 Å². The van der Waals surface area contributed by atoms with Crippen molar-refractivity contribution in [2.24, 2.45) is 0 Å². The third kappa shape index (κ3) is 2.66. The molecule has 0 atom stereocenters. The van der Waals surface area contributed by atoms with Crippen LogP contribution in [0.4, 0.5) is 0 Å². The molecule has 0 bridgehead atoms. The van der Waals surface area contributed by atoms with Crippen molar-refractivity contribution in [3.05, 3.63) is 48.2 Å². The molecule has 0 unspecified atom stereocenters. The first-order valence-corrected chi connectivity index (χ1v) is 5.20. The lowest BCUT2D eigenvalue weighted by Crippen LogP contribution is -2.00. The predicted octanol–water partition coefficient (Wildman–Crippen LogP) is 2.37. The van der Waals surface area contributed by atoms with Gasteiger partial charge in [0.15, 0.2) is 11.5 Å². The van der Waals surface area contributed by atoms with Crippen LogP contribution in [-0.4, -0.2) is 17.2 Å². The lowest BCUT2D eigenvalue weighted by molar-refractivity contribution is 0.279. The molecule has 1 heterocycles. The molecule has 0 aliphatic heterocycles. The standard InChI is InChI=1S/C13H13NO3/c1-16-13-10(5-4-8-14-13)9-17-12-7-3-2-6-11(12)15/h2-8,15H,9H2,1H3. The van der Waals surface area contributed by atoms with E-state index in [0.29, 0.717) is 18.2 Å². The number of phenols is 1. The molecule has 0 aliphatic carbocycles. The lowest BCUT2D eigenvalue weighted by atomic mass is 10.3. The number of aromatic nitrogens is 1. The molecule has 0 saturated carbocycles. The summed E-state index contributed by atoms with van der Waals surface area (Å²) in [7, 11) is 1.56. The first-order valence-electron chi connectivity index (χ1n) is 5.20. The van der Waals surface area contributed by atoms with Crippen LogP contribution in [0.15, 0.2) is 42.6 Å². The van der Waals surface area contributed by atoms with Crippen LogP contribution in [0, 0.1) is 0 Å². The summed E-state index contributed by atoms with van der Waals surface area (Å²) in [6.07, 6.45) is 1.66. The van der Waals surface area contributed by atoms with Gasteiger partial charge < -0.3 is 14.6 Å². The van der Waals surface area contributed by atoms with E-state index in [4.69, 9.17) is 9.47 Å². The number of phenolic OH excluding ortho intramolecular Hbond substituents is 1. The molecule has 0 spiro atoms. The fourth-order valence-corrected chi connectivity index (χ4v) is 1.45. The minimum Gasteiger partial charge on any atom is -0.504 e. The van der Waals surface area contributed by atoms with E-state index in [2.05, 4.69) is 4.98 Å². The summed E-state index contributed by atoms with van der Waals surface area (Å²) >= 11 is 0. The maximum atomic E-state index is 9.54. The molecule has 1 aromatic carbocycles. The SMILES string of the molecule is COc1ncccc1COc1ccccc1O. The van der Waals surface area contributed by atoms with Crippen molar-refractivity contribution in [3.8, 4) is 17.4 Å². The molecule has 2 aromatic rings. The molecule has 0 amide bonds. The molecule has 0 saturated heterocycles. The average molecular weight is 231 g/mol. The van der Waals surface area contributed by atoms with Gasteiger partial charge in [-0.1, -0.05) is 12.1 Å². The fraction of sp³-hybridized carbons (Fsp3) is 0.154. The van der Waals surface area contributed by atoms with E-state index >= 15 is 0 Å². The number of methoxy groups -OCH3 is 1. The van der Waals surface area contributed by atoms with Crippen molar-refractivity contribution in [2.45, 2.75) is 6.61 Å². The molecule has 4 nitrogen and oxygen atoms in total. The quantitative estimate of drug-likeness (QED) is 0.877. The Labute approximate surface area is 99.5 Å². The van der Waals surface area contributed by atoms with Gasteiger partial charge in [-0.2, -0.15) is 0 Å². The van der Waals surface area contributed by atoms with Crippen molar-refractivity contribution in [1.29, 1.82) is 0 Å². The van der Waals surface area contributed by atoms with E-state index in [-0.39, 0.29) is 5.75 Å². The first-order chi connectivity index (χ1) is 8.31. The molecular formula is C13H13NO3. The number of para-hydroxylation sites is 2. The van der Waals surface area contributed by atoms with Crippen LogP contribution >= 0.6 is 0 Å². The first kappa shape index (κ1) is 11.3. The predicted molar refractivity (Wildman–Crippen MR) is 63.2 cm³/mol. The summed E-state index contributed by atoms with van der Waals surface area (Å²) in [5.41, 5.74) is 0.832. The van der Waals surface area contributed by atoms with E-state index in [1.807, 2.05) is 12.1 Å².